The lowest BCUT2D eigenvalue weighted by molar-refractivity contribution is 0.599. The van der Waals surface area contributed by atoms with Crippen molar-refractivity contribution in [3.05, 3.63) is 0 Å². The van der Waals surface area contributed by atoms with Gasteiger partial charge in [0.2, 0.25) is 0 Å². The van der Waals surface area contributed by atoms with Crippen LogP contribution >= 0.6 is 0 Å². The van der Waals surface area contributed by atoms with E-state index in [2.05, 4.69) is 32.6 Å². The van der Waals surface area contributed by atoms with Gasteiger partial charge >= 0.3 is 0 Å². The summed E-state index contributed by atoms with van der Waals surface area (Å²) >= 11 is 0. The fourth-order valence-electron chi connectivity index (χ4n) is 1.18. The molecule has 0 aromatic carbocycles. The molecular weight excluding hydrogens is 156 g/mol. The van der Waals surface area contributed by atoms with Crippen LogP contribution in [-0.4, -0.2) is 0 Å². The van der Waals surface area contributed by atoms with Crippen molar-refractivity contribution >= 4 is 0 Å². The van der Waals surface area contributed by atoms with Crippen LogP contribution in [0.1, 0.15) is 65.7 Å². The van der Waals surface area contributed by atoms with Gasteiger partial charge in [0.15, 0.2) is 0 Å². The first-order chi connectivity index (χ1) is 6.27. The Morgan fingerprint density at radius 3 is 2.23 bits per heavy atom. The van der Waals surface area contributed by atoms with Gasteiger partial charge in [0, 0.05) is 12.8 Å². The van der Waals surface area contributed by atoms with Gasteiger partial charge in [-0.3, -0.25) is 0 Å². The van der Waals surface area contributed by atoms with Gasteiger partial charge in [-0.15, -0.1) is 11.8 Å². The zero-order valence-corrected chi connectivity index (χ0v) is 9.53. The number of rotatable bonds is 6. The van der Waals surface area contributed by atoms with E-state index in [0.29, 0.717) is 0 Å². The molecule has 0 aliphatic rings. The Morgan fingerprint density at radius 1 is 0.923 bits per heavy atom. The second-order valence-electron chi connectivity index (χ2n) is 4.10. The zero-order valence-electron chi connectivity index (χ0n) is 9.53. The molecule has 0 unspecified atom stereocenters. The molecule has 0 nitrogen and oxygen atoms in total. The van der Waals surface area contributed by atoms with Crippen LogP contribution in [-0.2, 0) is 0 Å². The summed E-state index contributed by atoms with van der Waals surface area (Å²) in [6, 6.07) is 0. The fourth-order valence-corrected chi connectivity index (χ4v) is 1.18. The summed E-state index contributed by atoms with van der Waals surface area (Å²) in [5.41, 5.74) is 0. The van der Waals surface area contributed by atoms with Gasteiger partial charge in [0.25, 0.3) is 0 Å². The van der Waals surface area contributed by atoms with Crippen molar-refractivity contribution in [2.24, 2.45) is 5.92 Å². The highest BCUT2D eigenvalue weighted by molar-refractivity contribution is 4.98. The fraction of sp³-hybridized carbons (Fsp3) is 0.846. The van der Waals surface area contributed by atoms with Crippen LogP contribution in [0.15, 0.2) is 0 Å². The van der Waals surface area contributed by atoms with E-state index in [1.165, 1.54) is 32.1 Å². The average molecular weight is 180 g/mol. The lowest BCUT2D eigenvalue weighted by atomic mass is 10.1. The van der Waals surface area contributed by atoms with E-state index in [9.17, 15) is 0 Å². The normalized spacial score (nSPS) is 9.85. The molecule has 0 spiro atoms. The molecule has 0 N–H and O–H groups in total. The van der Waals surface area contributed by atoms with E-state index in [0.717, 1.165) is 18.8 Å². The van der Waals surface area contributed by atoms with Gasteiger partial charge in [-0.2, -0.15) is 0 Å². The highest BCUT2D eigenvalue weighted by atomic mass is 13.9. The van der Waals surface area contributed by atoms with Crippen molar-refractivity contribution in [3.63, 3.8) is 0 Å². The third-order valence-electron chi connectivity index (χ3n) is 2.13. The molecule has 0 heteroatoms. The Kier molecular flexibility index (Phi) is 9.32. The second kappa shape index (κ2) is 9.65. The maximum absolute atomic E-state index is 3.25. The number of unbranched alkanes of at least 4 members (excludes halogenated alkanes) is 4. The van der Waals surface area contributed by atoms with Gasteiger partial charge in [-0.25, -0.2) is 0 Å². The Labute approximate surface area is 84.1 Å². The molecule has 0 saturated carbocycles. The van der Waals surface area contributed by atoms with Crippen molar-refractivity contribution in [1.82, 2.24) is 0 Å². The molecule has 0 bridgehead atoms. The number of hydrogen-bond acceptors (Lipinski definition) is 0. The first-order valence-electron chi connectivity index (χ1n) is 5.73. The van der Waals surface area contributed by atoms with Crippen LogP contribution in [0.4, 0.5) is 0 Å². The molecule has 0 rings (SSSR count). The maximum Gasteiger partial charge on any atom is 0.00911 e. The molecule has 0 atom stereocenters. The monoisotopic (exact) mass is 180 g/mol. The van der Waals surface area contributed by atoms with Gasteiger partial charge < -0.3 is 0 Å². The third-order valence-corrected chi connectivity index (χ3v) is 2.13. The summed E-state index contributed by atoms with van der Waals surface area (Å²) in [6.07, 6.45) is 8.79. The summed E-state index contributed by atoms with van der Waals surface area (Å²) in [5, 5.41) is 0. The van der Waals surface area contributed by atoms with Crippen LogP contribution in [0.2, 0.25) is 0 Å². The molecule has 0 saturated heterocycles. The van der Waals surface area contributed by atoms with E-state index in [-0.39, 0.29) is 0 Å². The lowest BCUT2D eigenvalue weighted by Crippen LogP contribution is -1.83. The van der Waals surface area contributed by atoms with Crippen molar-refractivity contribution in [2.75, 3.05) is 0 Å². The van der Waals surface area contributed by atoms with Crippen molar-refractivity contribution in [2.45, 2.75) is 65.7 Å². The van der Waals surface area contributed by atoms with Crippen LogP contribution in [0, 0.1) is 17.8 Å². The van der Waals surface area contributed by atoms with Crippen molar-refractivity contribution in [3.8, 4) is 11.8 Å². The Hall–Kier alpha value is -0.440. The van der Waals surface area contributed by atoms with Gasteiger partial charge in [0.05, 0.1) is 0 Å². The highest BCUT2D eigenvalue weighted by Crippen LogP contribution is 2.03. The molecule has 0 aliphatic carbocycles. The molecule has 0 fully saturated rings. The lowest BCUT2D eigenvalue weighted by Gasteiger charge is -1.96. The van der Waals surface area contributed by atoms with Crippen LogP contribution in [0.25, 0.3) is 0 Å². The predicted molar refractivity (Wildman–Crippen MR) is 60.6 cm³/mol. The van der Waals surface area contributed by atoms with Crippen molar-refractivity contribution in [1.29, 1.82) is 0 Å². The SMILES string of the molecule is CCCCCCC#CCCC(C)C. The standard InChI is InChI=1S/C13H24/c1-4-5-6-7-8-9-10-11-12-13(2)3/h13H,4-8,11-12H2,1-3H3. The zero-order chi connectivity index (χ0) is 9.94. The summed E-state index contributed by atoms with van der Waals surface area (Å²) in [5.74, 6) is 7.29. The molecule has 0 aromatic heterocycles. The highest BCUT2D eigenvalue weighted by Gasteiger charge is 1.89. The molecule has 76 valence electrons. The van der Waals surface area contributed by atoms with E-state index in [1.807, 2.05) is 0 Å². The topological polar surface area (TPSA) is 0 Å². The van der Waals surface area contributed by atoms with E-state index >= 15 is 0 Å². The van der Waals surface area contributed by atoms with E-state index in [4.69, 9.17) is 0 Å². The Balaban J connectivity index is 3.11. The minimum absolute atomic E-state index is 0.800. The largest absolute Gasteiger partial charge is 0.103 e. The Bertz CT molecular complexity index is 145. The van der Waals surface area contributed by atoms with E-state index in [1.54, 1.807) is 0 Å². The summed E-state index contributed by atoms with van der Waals surface area (Å²) in [7, 11) is 0. The van der Waals surface area contributed by atoms with Gasteiger partial charge in [0.1, 0.15) is 0 Å². The van der Waals surface area contributed by atoms with Gasteiger partial charge in [-0.05, 0) is 18.8 Å². The molecule has 0 heterocycles. The minimum Gasteiger partial charge on any atom is -0.103 e. The van der Waals surface area contributed by atoms with E-state index < -0.39 is 0 Å². The molecule has 0 aliphatic heterocycles. The summed E-state index contributed by atoms with van der Waals surface area (Å²) < 4.78 is 0. The first kappa shape index (κ1) is 12.6. The quantitative estimate of drug-likeness (QED) is 0.420. The Morgan fingerprint density at radius 2 is 1.62 bits per heavy atom. The second-order valence-corrected chi connectivity index (χ2v) is 4.10. The van der Waals surface area contributed by atoms with Crippen molar-refractivity contribution < 1.29 is 0 Å². The van der Waals surface area contributed by atoms with Crippen LogP contribution in [0.5, 0.6) is 0 Å². The van der Waals surface area contributed by atoms with Crippen LogP contribution in [0.3, 0.4) is 0 Å². The molecular formula is C13H24. The molecule has 0 aromatic rings. The molecule has 0 radical (unpaired) electrons. The summed E-state index contributed by atoms with van der Waals surface area (Å²) in [6.45, 7) is 6.75. The summed E-state index contributed by atoms with van der Waals surface area (Å²) in [4.78, 5) is 0. The smallest absolute Gasteiger partial charge is 0.00911 e. The number of hydrogen-bond donors (Lipinski definition) is 0. The molecule has 0 amide bonds. The first-order valence-corrected chi connectivity index (χ1v) is 5.73. The maximum atomic E-state index is 3.25. The minimum atomic E-state index is 0.800. The average Bonchev–Trinajstić information content (AvgIpc) is 2.09. The van der Waals surface area contributed by atoms with Crippen LogP contribution < -0.4 is 0 Å². The van der Waals surface area contributed by atoms with Gasteiger partial charge in [-0.1, -0.05) is 40.0 Å². The third kappa shape index (κ3) is 11.6. The predicted octanol–water partition coefficient (Wildman–Crippen LogP) is 4.40. The molecule has 13 heavy (non-hydrogen) atoms.